The molecule has 0 radical (unpaired) electrons. The largest absolute Gasteiger partial charge is 0.385 e. The van der Waals surface area contributed by atoms with E-state index in [4.69, 9.17) is 0 Å². The Morgan fingerprint density at radius 2 is 1.88 bits per heavy atom. The minimum atomic E-state index is -1.19. The van der Waals surface area contributed by atoms with Gasteiger partial charge in [-0.15, -0.1) is 0 Å². The molecule has 1 heterocycles. The summed E-state index contributed by atoms with van der Waals surface area (Å²) in [6.07, 6.45) is 0.0224. The van der Waals surface area contributed by atoms with Gasteiger partial charge in [-0.25, -0.2) is 0 Å². The van der Waals surface area contributed by atoms with E-state index < -0.39 is 5.60 Å². The standard InChI is InChI=1S/C21H26N2O2/c1-15(2)23-13-16-8-7-11-19(18(16)14-23)22-20(24)12-21(3,25)17-9-5-4-6-10-17/h4-11,15,25H,12-14H2,1-3H3,(H,22,24). The van der Waals surface area contributed by atoms with E-state index in [0.717, 1.165) is 24.3 Å². The summed E-state index contributed by atoms with van der Waals surface area (Å²) in [4.78, 5) is 14.9. The number of carbonyl (C=O) groups excluding carboxylic acids is 1. The van der Waals surface area contributed by atoms with E-state index in [1.54, 1.807) is 6.92 Å². The highest BCUT2D eigenvalue weighted by atomic mass is 16.3. The summed E-state index contributed by atoms with van der Waals surface area (Å²) in [6, 6.07) is 15.8. The maximum absolute atomic E-state index is 12.5. The van der Waals surface area contributed by atoms with Crippen molar-refractivity contribution in [2.45, 2.75) is 51.9 Å². The van der Waals surface area contributed by atoms with Crippen LogP contribution in [0.25, 0.3) is 0 Å². The Bertz CT molecular complexity index is 754. The lowest BCUT2D eigenvalue weighted by molar-refractivity contribution is -0.120. The minimum absolute atomic E-state index is 0.0224. The molecule has 1 aliphatic heterocycles. The molecule has 0 fully saturated rings. The predicted octanol–water partition coefficient (Wildman–Crippen LogP) is 3.65. The van der Waals surface area contributed by atoms with Crippen LogP contribution in [0.4, 0.5) is 5.69 Å². The normalized spacial score (nSPS) is 16.5. The van der Waals surface area contributed by atoms with E-state index in [2.05, 4.69) is 30.1 Å². The van der Waals surface area contributed by atoms with Gasteiger partial charge in [0.15, 0.2) is 0 Å². The second kappa shape index (κ2) is 6.98. The first-order chi connectivity index (χ1) is 11.9. The van der Waals surface area contributed by atoms with Crippen molar-refractivity contribution in [3.63, 3.8) is 0 Å². The summed E-state index contributed by atoms with van der Waals surface area (Å²) in [5, 5.41) is 13.7. The average molecular weight is 338 g/mol. The Hall–Kier alpha value is -2.17. The zero-order valence-corrected chi connectivity index (χ0v) is 15.1. The SMILES string of the molecule is CC(C)N1Cc2cccc(NC(=O)CC(C)(O)c3ccccc3)c2C1. The smallest absolute Gasteiger partial charge is 0.227 e. The molecule has 2 aromatic carbocycles. The molecule has 1 amide bonds. The van der Waals surface area contributed by atoms with Crippen LogP contribution in [0.1, 0.15) is 43.9 Å². The third-order valence-electron chi connectivity index (χ3n) is 4.91. The molecule has 0 aromatic heterocycles. The molecule has 3 rings (SSSR count). The predicted molar refractivity (Wildman–Crippen MR) is 100 cm³/mol. The van der Waals surface area contributed by atoms with Crippen LogP contribution in [0.15, 0.2) is 48.5 Å². The van der Waals surface area contributed by atoms with Gasteiger partial charge in [0.1, 0.15) is 0 Å². The number of rotatable bonds is 5. The lowest BCUT2D eigenvalue weighted by atomic mass is 9.92. The van der Waals surface area contributed by atoms with Crippen molar-refractivity contribution in [3.8, 4) is 0 Å². The third kappa shape index (κ3) is 3.91. The zero-order chi connectivity index (χ0) is 18.0. The molecule has 0 bridgehead atoms. The van der Waals surface area contributed by atoms with Crippen molar-refractivity contribution in [3.05, 3.63) is 65.2 Å². The van der Waals surface area contributed by atoms with E-state index in [9.17, 15) is 9.90 Å². The van der Waals surface area contributed by atoms with Crippen LogP contribution in [-0.4, -0.2) is 22.0 Å². The lowest BCUT2D eigenvalue weighted by Gasteiger charge is -2.23. The fourth-order valence-electron chi connectivity index (χ4n) is 3.34. The van der Waals surface area contributed by atoms with Crippen LogP contribution < -0.4 is 5.32 Å². The molecule has 4 nitrogen and oxygen atoms in total. The van der Waals surface area contributed by atoms with Crippen LogP contribution in [0.3, 0.4) is 0 Å². The van der Waals surface area contributed by atoms with E-state index in [-0.39, 0.29) is 12.3 Å². The molecule has 2 aromatic rings. The van der Waals surface area contributed by atoms with Crippen molar-refractivity contribution in [2.24, 2.45) is 0 Å². The maximum Gasteiger partial charge on any atom is 0.227 e. The van der Waals surface area contributed by atoms with Gasteiger partial charge >= 0.3 is 0 Å². The second-order valence-corrected chi connectivity index (χ2v) is 7.31. The zero-order valence-electron chi connectivity index (χ0n) is 15.1. The Morgan fingerprint density at radius 1 is 1.16 bits per heavy atom. The molecule has 0 saturated heterocycles. The van der Waals surface area contributed by atoms with Crippen molar-refractivity contribution < 1.29 is 9.90 Å². The summed E-state index contributed by atoms with van der Waals surface area (Å²) >= 11 is 0. The Kier molecular flexibility index (Phi) is 4.93. The molecule has 0 aliphatic carbocycles. The van der Waals surface area contributed by atoms with Crippen molar-refractivity contribution >= 4 is 11.6 Å². The van der Waals surface area contributed by atoms with E-state index >= 15 is 0 Å². The minimum Gasteiger partial charge on any atom is -0.385 e. The number of fused-ring (bicyclic) bond motifs is 1. The fraction of sp³-hybridized carbons (Fsp3) is 0.381. The van der Waals surface area contributed by atoms with E-state index in [0.29, 0.717) is 6.04 Å². The van der Waals surface area contributed by atoms with Gasteiger partial charge in [-0.2, -0.15) is 0 Å². The van der Waals surface area contributed by atoms with Crippen molar-refractivity contribution in [2.75, 3.05) is 5.32 Å². The lowest BCUT2D eigenvalue weighted by Crippen LogP contribution is -2.28. The first-order valence-electron chi connectivity index (χ1n) is 8.79. The Morgan fingerprint density at radius 3 is 2.56 bits per heavy atom. The number of nitrogens with one attached hydrogen (secondary N) is 1. The summed E-state index contributed by atoms with van der Waals surface area (Å²) < 4.78 is 0. The fourth-order valence-corrected chi connectivity index (χ4v) is 3.34. The van der Waals surface area contributed by atoms with Gasteiger partial charge in [-0.05, 0) is 43.5 Å². The van der Waals surface area contributed by atoms with Crippen LogP contribution in [0, 0.1) is 0 Å². The first-order valence-corrected chi connectivity index (χ1v) is 8.79. The van der Waals surface area contributed by atoms with Gasteiger partial charge in [0, 0.05) is 24.8 Å². The van der Waals surface area contributed by atoms with Crippen LogP contribution in [0.5, 0.6) is 0 Å². The van der Waals surface area contributed by atoms with Crippen LogP contribution >= 0.6 is 0 Å². The number of hydrogen-bond acceptors (Lipinski definition) is 3. The molecular weight excluding hydrogens is 312 g/mol. The van der Waals surface area contributed by atoms with Gasteiger partial charge < -0.3 is 10.4 Å². The third-order valence-corrected chi connectivity index (χ3v) is 4.91. The summed E-state index contributed by atoms with van der Waals surface area (Å²) in [7, 11) is 0. The number of carbonyl (C=O) groups is 1. The molecule has 0 spiro atoms. The van der Waals surface area contributed by atoms with Crippen molar-refractivity contribution in [1.82, 2.24) is 4.90 Å². The Balaban J connectivity index is 1.72. The van der Waals surface area contributed by atoms with Gasteiger partial charge in [0.25, 0.3) is 0 Å². The maximum atomic E-state index is 12.5. The van der Waals surface area contributed by atoms with Gasteiger partial charge in [0.05, 0.1) is 12.0 Å². The molecule has 1 aliphatic rings. The summed E-state index contributed by atoms with van der Waals surface area (Å²) in [5.41, 5.74) is 2.86. The second-order valence-electron chi connectivity index (χ2n) is 7.31. The Labute approximate surface area is 149 Å². The highest BCUT2D eigenvalue weighted by Crippen LogP contribution is 2.31. The van der Waals surface area contributed by atoms with Gasteiger partial charge in [-0.1, -0.05) is 42.5 Å². The monoisotopic (exact) mass is 338 g/mol. The molecule has 2 N–H and O–H groups in total. The molecule has 1 atom stereocenters. The van der Waals surface area contributed by atoms with Crippen LogP contribution in [0.2, 0.25) is 0 Å². The molecule has 25 heavy (non-hydrogen) atoms. The number of benzene rings is 2. The summed E-state index contributed by atoms with van der Waals surface area (Å²) in [5.74, 6) is -0.176. The highest BCUT2D eigenvalue weighted by molar-refractivity contribution is 5.92. The topological polar surface area (TPSA) is 52.6 Å². The molecule has 132 valence electrons. The first kappa shape index (κ1) is 17.6. The van der Waals surface area contributed by atoms with Crippen molar-refractivity contribution in [1.29, 1.82) is 0 Å². The average Bonchev–Trinajstić information content (AvgIpc) is 3.01. The van der Waals surface area contributed by atoms with E-state index in [1.165, 1.54) is 11.1 Å². The quantitative estimate of drug-likeness (QED) is 0.875. The molecule has 0 saturated carbocycles. The number of anilines is 1. The van der Waals surface area contributed by atoms with Gasteiger partial charge in [-0.3, -0.25) is 9.69 Å². The molecule has 4 heteroatoms. The highest BCUT2D eigenvalue weighted by Gasteiger charge is 2.28. The molecule has 1 unspecified atom stereocenters. The number of nitrogens with zero attached hydrogens (tertiary/aromatic N) is 1. The number of aliphatic hydroxyl groups is 1. The number of amides is 1. The van der Waals surface area contributed by atoms with Crippen LogP contribution in [-0.2, 0) is 23.5 Å². The van der Waals surface area contributed by atoms with E-state index in [1.807, 2.05) is 42.5 Å². The van der Waals surface area contributed by atoms with Gasteiger partial charge in [0.2, 0.25) is 5.91 Å². The number of hydrogen-bond donors (Lipinski definition) is 2. The molecular formula is C21H26N2O2. The summed E-state index contributed by atoms with van der Waals surface area (Å²) in [6.45, 7) is 7.80.